The number of amides is 1. The summed E-state index contributed by atoms with van der Waals surface area (Å²) in [6.07, 6.45) is 0. The number of hydrogen-bond acceptors (Lipinski definition) is 7. The fourth-order valence-corrected chi connectivity index (χ4v) is 7.26. The fourth-order valence-electron chi connectivity index (χ4n) is 5.57. The topological polar surface area (TPSA) is 90.3 Å². The third-order valence-electron chi connectivity index (χ3n) is 8.09. The van der Waals surface area contributed by atoms with Gasteiger partial charge in [-0.15, -0.1) is 5.10 Å². The van der Waals surface area contributed by atoms with Gasteiger partial charge in [0.05, 0.1) is 17.2 Å². The second-order valence-electron chi connectivity index (χ2n) is 11.7. The van der Waals surface area contributed by atoms with Crippen molar-refractivity contribution in [2.24, 2.45) is 0 Å². The lowest BCUT2D eigenvalue weighted by atomic mass is 9.94. The van der Waals surface area contributed by atoms with E-state index < -0.39 is 6.04 Å². The Morgan fingerprint density at radius 2 is 1.77 bits per heavy atom. The quantitative estimate of drug-likeness (QED) is 0.138. The maximum atomic E-state index is 14.2. The van der Waals surface area contributed by atoms with Gasteiger partial charge in [0.15, 0.2) is 11.5 Å². The number of ether oxygens (including phenoxy) is 2. The summed E-state index contributed by atoms with van der Waals surface area (Å²) in [5.41, 5.74) is 7.97. The second kappa shape index (κ2) is 14.5. The van der Waals surface area contributed by atoms with Gasteiger partial charge in [-0.25, -0.2) is 4.68 Å². The minimum absolute atomic E-state index is 0.252. The van der Waals surface area contributed by atoms with E-state index >= 15 is 0 Å². The Labute approximate surface area is 298 Å². The summed E-state index contributed by atoms with van der Waals surface area (Å²) >= 11 is 11.6. The van der Waals surface area contributed by atoms with Crippen molar-refractivity contribution >= 4 is 56.8 Å². The largest absolute Gasteiger partial charge is 0.493 e. The average Bonchev–Trinajstić information content (AvgIpc) is 3.47. The number of nitrogens with one attached hydrogen (secondary N) is 2. The molecule has 5 aromatic rings. The van der Waals surface area contributed by atoms with Gasteiger partial charge in [-0.2, -0.15) is 4.98 Å². The first kappa shape index (κ1) is 33.6. The summed E-state index contributed by atoms with van der Waals surface area (Å²) in [4.78, 5) is 19.0. The fraction of sp³-hybridized carbons (Fsp3) is 0.216. The molecule has 0 spiro atoms. The zero-order chi connectivity index (χ0) is 33.9. The highest BCUT2D eigenvalue weighted by Gasteiger charge is 2.35. The molecule has 4 aromatic carbocycles. The number of hydrogen-bond donors (Lipinski definition) is 2. The maximum Gasteiger partial charge on any atom is 0.255 e. The summed E-state index contributed by atoms with van der Waals surface area (Å²) in [6, 6.07) is 25.1. The van der Waals surface area contributed by atoms with Gasteiger partial charge in [-0.1, -0.05) is 89.1 Å². The standard InChI is InChI=1S/C37H35BrClN5O3S/c1-21-10-13-25(14-11-21)19-47-34-28(38)17-27(18-31(34)46-5)33-32(35(45)41-30-15-12-22(2)16-23(30)3)24(4)40-36-42-37(43-44(33)36)48-20-26-8-6-7-9-29(26)39/h6-18,33H,19-20H2,1-5H3,(H,41,45)(H,40,42,43). The predicted octanol–water partition coefficient (Wildman–Crippen LogP) is 9.43. The Kier molecular flexibility index (Phi) is 10.1. The number of rotatable bonds is 10. The van der Waals surface area contributed by atoms with E-state index in [-0.39, 0.29) is 5.91 Å². The Hall–Kier alpha value is -4.25. The third-order valence-corrected chi connectivity index (χ3v) is 9.94. The van der Waals surface area contributed by atoms with Crippen LogP contribution in [0.5, 0.6) is 11.5 Å². The summed E-state index contributed by atoms with van der Waals surface area (Å²) in [7, 11) is 1.60. The van der Waals surface area contributed by atoms with Crippen LogP contribution < -0.4 is 20.1 Å². The number of aryl methyl sites for hydroxylation is 3. The summed E-state index contributed by atoms with van der Waals surface area (Å²) in [6.45, 7) is 8.31. The molecule has 0 saturated carbocycles. The monoisotopic (exact) mass is 743 g/mol. The van der Waals surface area contributed by atoms with E-state index in [1.54, 1.807) is 11.8 Å². The molecule has 0 aliphatic carbocycles. The molecule has 0 fully saturated rings. The van der Waals surface area contributed by atoms with Crippen LogP contribution in [0.4, 0.5) is 11.6 Å². The van der Waals surface area contributed by atoms with Crippen molar-refractivity contribution in [2.45, 2.75) is 51.3 Å². The van der Waals surface area contributed by atoms with Gasteiger partial charge in [0.2, 0.25) is 11.1 Å². The lowest BCUT2D eigenvalue weighted by Crippen LogP contribution is -2.31. The molecule has 0 radical (unpaired) electrons. The number of carbonyl (C=O) groups is 1. The summed E-state index contributed by atoms with van der Waals surface area (Å²) in [5, 5.41) is 12.6. The second-order valence-corrected chi connectivity index (χ2v) is 13.9. The molecule has 246 valence electrons. The molecule has 6 rings (SSSR count). The van der Waals surface area contributed by atoms with Crippen LogP contribution in [-0.2, 0) is 17.2 Å². The molecule has 1 atom stereocenters. The molecular weight excluding hydrogens is 710 g/mol. The molecule has 1 aliphatic rings. The van der Waals surface area contributed by atoms with Crippen molar-refractivity contribution in [1.82, 2.24) is 14.8 Å². The molecule has 0 bridgehead atoms. The van der Waals surface area contributed by atoms with Crippen LogP contribution in [0.15, 0.2) is 99.8 Å². The minimum atomic E-state index is -0.634. The molecule has 11 heteroatoms. The van der Waals surface area contributed by atoms with Crippen LogP contribution in [0.2, 0.25) is 5.02 Å². The molecule has 48 heavy (non-hydrogen) atoms. The molecule has 1 amide bonds. The number of carbonyl (C=O) groups excluding carboxylic acids is 1. The Morgan fingerprint density at radius 1 is 1.02 bits per heavy atom. The van der Waals surface area contributed by atoms with Crippen LogP contribution in [-0.4, -0.2) is 27.8 Å². The zero-order valence-electron chi connectivity index (χ0n) is 27.2. The van der Waals surface area contributed by atoms with E-state index in [0.29, 0.717) is 55.7 Å². The van der Waals surface area contributed by atoms with E-state index in [0.717, 1.165) is 33.5 Å². The molecule has 0 saturated heterocycles. The SMILES string of the molecule is COc1cc(C2C(C(=O)Nc3ccc(C)cc3C)=C(C)Nc3nc(SCc4ccccc4Cl)nn32)cc(Br)c1OCc1ccc(C)cc1. The number of allylic oxidation sites excluding steroid dienone is 1. The van der Waals surface area contributed by atoms with Gasteiger partial charge in [-0.3, -0.25) is 4.79 Å². The van der Waals surface area contributed by atoms with Crippen LogP contribution in [0.3, 0.4) is 0 Å². The number of nitrogens with zero attached hydrogens (tertiary/aromatic N) is 3. The maximum absolute atomic E-state index is 14.2. The number of methoxy groups -OCH3 is 1. The first-order valence-corrected chi connectivity index (χ1v) is 17.5. The number of fused-ring (bicyclic) bond motifs is 1. The van der Waals surface area contributed by atoms with Crippen LogP contribution in [0, 0.1) is 20.8 Å². The lowest BCUT2D eigenvalue weighted by Gasteiger charge is -2.29. The van der Waals surface area contributed by atoms with E-state index in [2.05, 4.69) is 45.6 Å². The number of halogens is 2. The van der Waals surface area contributed by atoms with Crippen LogP contribution >= 0.6 is 39.3 Å². The lowest BCUT2D eigenvalue weighted by molar-refractivity contribution is -0.113. The van der Waals surface area contributed by atoms with Gasteiger partial charge < -0.3 is 20.1 Å². The first-order valence-electron chi connectivity index (χ1n) is 15.4. The van der Waals surface area contributed by atoms with Crippen molar-refractivity contribution in [1.29, 1.82) is 0 Å². The van der Waals surface area contributed by atoms with E-state index in [9.17, 15) is 4.79 Å². The first-order chi connectivity index (χ1) is 23.1. The van der Waals surface area contributed by atoms with Crippen LogP contribution in [0.1, 0.15) is 46.3 Å². The molecule has 1 unspecified atom stereocenters. The molecule has 1 aliphatic heterocycles. The van der Waals surface area contributed by atoms with Crippen molar-refractivity contribution in [2.75, 3.05) is 17.7 Å². The van der Waals surface area contributed by atoms with Gasteiger partial charge in [0.25, 0.3) is 5.91 Å². The van der Waals surface area contributed by atoms with Crippen molar-refractivity contribution < 1.29 is 14.3 Å². The Morgan fingerprint density at radius 3 is 2.50 bits per heavy atom. The molecule has 2 N–H and O–H groups in total. The number of aromatic nitrogens is 3. The van der Waals surface area contributed by atoms with Gasteiger partial charge in [-0.05, 0) is 90.1 Å². The van der Waals surface area contributed by atoms with E-state index in [4.69, 9.17) is 31.2 Å². The highest BCUT2D eigenvalue weighted by Crippen LogP contribution is 2.44. The van der Waals surface area contributed by atoms with Gasteiger partial charge in [0, 0.05) is 22.2 Å². The molecule has 1 aromatic heterocycles. The van der Waals surface area contributed by atoms with Crippen molar-refractivity contribution in [3.63, 3.8) is 0 Å². The molecular formula is C37H35BrClN5O3S. The van der Waals surface area contributed by atoms with Crippen molar-refractivity contribution in [3.8, 4) is 11.5 Å². The number of benzene rings is 4. The van der Waals surface area contributed by atoms with Crippen molar-refractivity contribution in [3.05, 3.63) is 133 Å². The molecule has 8 nitrogen and oxygen atoms in total. The number of anilines is 2. The average molecular weight is 745 g/mol. The van der Waals surface area contributed by atoms with Gasteiger partial charge in [0.1, 0.15) is 12.6 Å². The zero-order valence-corrected chi connectivity index (χ0v) is 30.4. The summed E-state index contributed by atoms with van der Waals surface area (Å²) < 4.78 is 14.6. The Balaban J connectivity index is 1.38. The summed E-state index contributed by atoms with van der Waals surface area (Å²) in [5.74, 6) is 1.95. The minimum Gasteiger partial charge on any atom is -0.493 e. The Bertz CT molecular complexity index is 2030. The van der Waals surface area contributed by atoms with Gasteiger partial charge >= 0.3 is 0 Å². The smallest absolute Gasteiger partial charge is 0.255 e. The van der Waals surface area contributed by atoms with E-state index in [1.807, 2.05) is 87.5 Å². The highest BCUT2D eigenvalue weighted by atomic mass is 79.9. The van der Waals surface area contributed by atoms with E-state index in [1.165, 1.54) is 17.3 Å². The highest BCUT2D eigenvalue weighted by molar-refractivity contribution is 9.10. The normalized spacial score (nSPS) is 13.9. The molecule has 2 heterocycles. The number of thioether (sulfide) groups is 1. The third kappa shape index (κ3) is 7.26. The van der Waals surface area contributed by atoms with Crippen LogP contribution in [0.25, 0.3) is 0 Å². The predicted molar refractivity (Wildman–Crippen MR) is 196 cm³/mol.